The van der Waals surface area contributed by atoms with Crippen LogP contribution < -0.4 is 5.56 Å². The van der Waals surface area contributed by atoms with Crippen molar-refractivity contribution in [1.29, 1.82) is 0 Å². The van der Waals surface area contributed by atoms with Gasteiger partial charge in [0.15, 0.2) is 0 Å². The molecule has 0 bridgehead atoms. The van der Waals surface area contributed by atoms with Crippen molar-refractivity contribution < 1.29 is 13.9 Å². The fraction of sp³-hybridized carbons (Fsp3) is 0.308. The molecule has 0 radical (unpaired) electrons. The lowest BCUT2D eigenvalue weighted by atomic mass is 10.0. The van der Waals surface area contributed by atoms with E-state index in [2.05, 4.69) is 9.88 Å². The van der Waals surface area contributed by atoms with Gasteiger partial charge in [0, 0.05) is 43.5 Å². The zero-order valence-corrected chi connectivity index (χ0v) is 20.6. The van der Waals surface area contributed by atoms with Gasteiger partial charge in [-0.1, -0.05) is 41.4 Å². The van der Waals surface area contributed by atoms with Crippen molar-refractivity contribution in [3.05, 3.63) is 91.6 Å². The molecule has 2 aliphatic heterocycles. The maximum Gasteiger partial charge on any atom is 0.255 e. The smallest absolute Gasteiger partial charge is 0.255 e. The molecule has 3 aromatic rings. The van der Waals surface area contributed by atoms with Gasteiger partial charge >= 0.3 is 0 Å². The summed E-state index contributed by atoms with van der Waals surface area (Å²) in [6, 6.07) is 13.3. The summed E-state index contributed by atoms with van der Waals surface area (Å²) in [4.78, 5) is 32.2. The number of ether oxygens (including phenoxy) is 1. The molecule has 2 aromatic carbocycles. The van der Waals surface area contributed by atoms with Gasteiger partial charge in [-0.2, -0.15) is 0 Å². The molecular formula is C26H24Cl2FN3O3. The lowest BCUT2D eigenvalue weighted by Crippen LogP contribution is -2.59. The van der Waals surface area contributed by atoms with Gasteiger partial charge in [-0.15, -0.1) is 0 Å². The first kappa shape index (κ1) is 24.0. The van der Waals surface area contributed by atoms with Gasteiger partial charge in [-0.25, -0.2) is 4.39 Å². The molecule has 6 nitrogen and oxygen atoms in total. The number of carbonyl (C=O) groups excluding carboxylic acids is 1. The van der Waals surface area contributed by atoms with Crippen molar-refractivity contribution in [3.63, 3.8) is 0 Å². The van der Waals surface area contributed by atoms with Gasteiger partial charge in [0.05, 0.1) is 34.4 Å². The van der Waals surface area contributed by atoms with Gasteiger partial charge in [0.1, 0.15) is 5.82 Å². The van der Waals surface area contributed by atoms with Crippen LogP contribution in [-0.2, 0) is 4.74 Å². The van der Waals surface area contributed by atoms with E-state index in [-0.39, 0.29) is 28.6 Å². The summed E-state index contributed by atoms with van der Waals surface area (Å²) in [7, 11) is 0. The summed E-state index contributed by atoms with van der Waals surface area (Å²) in [6.45, 7) is 4.65. The molecule has 0 saturated carbocycles. The second-order valence-electron chi connectivity index (χ2n) is 8.98. The number of pyridine rings is 1. The minimum Gasteiger partial charge on any atom is -0.370 e. The van der Waals surface area contributed by atoms with E-state index in [0.29, 0.717) is 54.5 Å². The van der Waals surface area contributed by atoms with Crippen LogP contribution in [0.25, 0.3) is 11.1 Å². The van der Waals surface area contributed by atoms with Crippen LogP contribution in [0.15, 0.2) is 53.3 Å². The summed E-state index contributed by atoms with van der Waals surface area (Å²) in [5, 5.41) is 0.413. The molecule has 2 saturated heterocycles. The molecule has 0 aliphatic carbocycles. The molecule has 0 spiro atoms. The standard InChI is InChI=1S/C26H24Cl2FN3O3/c1-15-9-17(11-24(33)30-15)19-3-2-4-20(25(19)28)26(34)32-8-7-31-13-23(35-14-18(31)12-32)16-5-6-22(29)21(27)10-16/h2-6,9-11,18,23H,7-8,12-14H2,1H3,(H,30,33)/t18-,23-/m0/s1. The highest BCUT2D eigenvalue weighted by atomic mass is 35.5. The normalized spacial score (nSPS) is 20.5. The number of aromatic amines is 1. The third-order valence-electron chi connectivity index (χ3n) is 6.62. The first-order valence-corrected chi connectivity index (χ1v) is 12.2. The fourth-order valence-electron chi connectivity index (χ4n) is 4.81. The van der Waals surface area contributed by atoms with Crippen molar-refractivity contribution in [3.8, 4) is 11.1 Å². The number of nitrogens with zero attached hydrogens (tertiary/aromatic N) is 2. The van der Waals surface area contributed by atoms with Gasteiger partial charge in [-0.05, 0) is 42.3 Å². The number of rotatable bonds is 3. The number of carbonyl (C=O) groups is 1. The molecule has 3 heterocycles. The van der Waals surface area contributed by atoms with E-state index in [1.807, 2.05) is 12.1 Å². The Morgan fingerprint density at radius 3 is 2.71 bits per heavy atom. The second-order valence-corrected chi connectivity index (χ2v) is 9.76. The third-order valence-corrected chi connectivity index (χ3v) is 7.31. The quantitative estimate of drug-likeness (QED) is 0.549. The Kier molecular flexibility index (Phi) is 6.68. The second kappa shape index (κ2) is 9.74. The van der Waals surface area contributed by atoms with Crippen molar-refractivity contribution >= 4 is 29.1 Å². The molecule has 182 valence electrons. The summed E-state index contributed by atoms with van der Waals surface area (Å²) in [5.41, 5.74) is 3.06. The number of benzene rings is 2. The van der Waals surface area contributed by atoms with Crippen LogP contribution in [-0.4, -0.2) is 59.5 Å². The Morgan fingerprint density at radius 1 is 1.11 bits per heavy atom. The largest absolute Gasteiger partial charge is 0.370 e. The Morgan fingerprint density at radius 2 is 1.94 bits per heavy atom. The predicted molar refractivity (Wildman–Crippen MR) is 134 cm³/mol. The summed E-state index contributed by atoms with van der Waals surface area (Å²) >= 11 is 12.6. The number of morpholine rings is 1. The lowest BCUT2D eigenvalue weighted by molar-refractivity contribution is -0.0858. The molecule has 5 rings (SSSR count). The van der Waals surface area contributed by atoms with Crippen LogP contribution in [0, 0.1) is 12.7 Å². The minimum atomic E-state index is -0.451. The lowest BCUT2D eigenvalue weighted by Gasteiger charge is -2.46. The number of aryl methyl sites for hydroxylation is 1. The van der Waals surface area contributed by atoms with Gasteiger partial charge in [-0.3, -0.25) is 14.5 Å². The van der Waals surface area contributed by atoms with E-state index in [1.165, 1.54) is 12.1 Å². The molecular weight excluding hydrogens is 492 g/mol. The number of hydrogen-bond acceptors (Lipinski definition) is 4. The molecule has 0 unspecified atom stereocenters. The SMILES string of the molecule is Cc1cc(-c2cccc(C(=O)N3CCN4C[C@@H](c5ccc(F)c(Cl)c5)OC[C@@H]4C3)c2Cl)cc(=O)[nH]1. The van der Waals surface area contributed by atoms with Crippen molar-refractivity contribution in [2.75, 3.05) is 32.8 Å². The van der Waals surface area contributed by atoms with Crippen molar-refractivity contribution in [1.82, 2.24) is 14.8 Å². The van der Waals surface area contributed by atoms with E-state index >= 15 is 0 Å². The van der Waals surface area contributed by atoms with Gasteiger partial charge < -0.3 is 14.6 Å². The number of nitrogens with one attached hydrogen (secondary N) is 1. The average molecular weight is 516 g/mol. The van der Waals surface area contributed by atoms with Crippen LogP contribution in [0.2, 0.25) is 10.0 Å². The summed E-state index contributed by atoms with van der Waals surface area (Å²) in [6.07, 6.45) is -0.199. The Bertz CT molecular complexity index is 1350. The first-order valence-electron chi connectivity index (χ1n) is 11.4. The van der Waals surface area contributed by atoms with Crippen molar-refractivity contribution in [2.24, 2.45) is 0 Å². The van der Waals surface area contributed by atoms with Crippen LogP contribution in [0.4, 0.5) is 4.39 Å². The Labute approximate surface area is 212 Å². The molecule has 9 heteroatoms. The van der Waals surface area contributed by atoms with E-state index in [9.17, 15) is 14.0 Å². The molecule has 35 heavy (non-hydrogen) atoms. The molecule has 1 N–H and O–H groups in total. The highest BCUT2D eigenvalue weighted by molar-refractivity contribution is 6.36. The average Bonchev–Trinajstić information content (AvgIpc) is 2.84. The number of fused-ring (bicyclic) bond motifs is 1. The maximum atomic E-state index is 13.5. The monoisotopic (exact) mass is 515 g/mol. The Hall–Kier alpha value is -2.71. The molecule has 2 fully saturated rings. The first-order chi connectivity index (χ1) is 16.8. The molecule has 1 amide bonds. The van der Waals surface area contributed by atoms with E-state index in [4.69, 9.17) is 27.9 Å². The molecule has 2 aliphatic rings. The predicted octanol–water partition coefficient (Wildman–Crippen LogP) is 4.69. The van der Waals surface area contributed by atoms with Gasteiger partial charge in [0.25, 0.3) is 5.91 Å². The number of aromatic nitrogens is 1. The fourth-order valence-corrected chi connectivity index (χ4v) is 5.32. The van der Waals surface area contributed by atoms with Crippen LogP contribution in [0.5, 0.6) is 0 Å². The number of amides is 1. The van der Waals surface area contributed by atoms with E-state index < -0.39 is 5.82 Å². The Balaban J connectivity index is 1.30. The minimum absolute atomic E-state index is 0.0529. The number of piperazine rings is 1. The third kappa shape index (κ3) is 4.86. The zero-order chi connectivity index (χ0) is 24.7. The number of halogens is 3. The molecule has 2 atom stereocenters. The van der Waals surface area contributed by atoms with E-state index in [1.54, 1.807) is 36.1 Å². The topological polar surface area (TPSA) is 65.6 Å². The maximum absolute atomic E-state index is 13.5. The highest BCUT2D eigenvalue weighted by Crippen LogP contribution is 2.33. The molecule has 1 aromatic heterocycles. The van der Waals surface area contributed by atoms with Crippen LogP contribution >= 0.6 is 23.2 Å². The summed E-state index contributed by atoms with van der Waals surface area (Å²) < 4.78 is 19.6. The zero-order valence-electron chi connectivity index (χ0n) is 19.1. The highest BCUT2D eigenvalue weighted by Gasteiger charge is 2.36. The van der Waals surface area contributed by atoms with Crippen LogP contribution in [0.3, 0.4) is 0 Å². The van der Waals surface area contributed by atoms with Crippen LogP contribution in [0.1, 0.15) is 27.7 Å². The van der Waals surface area contributed by atoms with Crippen molar-refractivity contribution in [2.45, 2.75) is 19.1 Å². The van der Waals surface area contributed by atoms with E-state index in [0.717, 1.165) is 11.3 Å². The summed E-state index contributed by atoms with van der Waals surface area (Å²) in [5.74, 6) is -0.598. The van der Waals surface area contributed by atoms with Gasteiger partial charge in [0.2, 0.25) is 5.56 Å². The number of H-pyrrole nitrogens is 1. The number of hydrogen-bond donors (Lipinski definition) is 1.